The molecule has 0 saturated heterocycles. The summed E-state index contributed by atoms with van der Waals surface area (Å²) in [4.78, 5) is 23.5. The van der Waals surface area contributed by atoms with Gasteiger partial charge in [-0.15, -0.1) is 0 Å². The van der Waals surface area contributed by atoms with Crippen molar-refractivity contribution >= 4 is 5.97 Å². The van der Waals surface area contributed by atoms with Crippen LogP contribution in [0.4, 0.5) is 0 Å². The van der Waals surface area contributed by atoms with Crippen molar-refractivity contribution in [3.05, 3.63) is 51.6 Å². The third-order valence-electron chi connectivity index (χ3n) is 2.89. The molecule has 4 heteroatoms. The second-order valence-electron chi connectivity index (χ2n) is 5.12. The molecule has 1 rings (SSSR count). The zero-order valence-corrected chi connectivity index (χ0v) is 13.1. The summed E-state index contributed by atoms with van der Waals surface area (Å²) in [6.45, 7) is 7.77. The first-order valence-electron chi connectivity index (χ1n) is 7.07. The van der Waals surface area contributed by atoms with Crippen LogP contribution in [-0.2, 0) is 11.2 Å². The molecule has 0 N–H and O–H groups in total. The molecule has 0 atom stereocenters. The van der Waals surface area contributed by atoms with Crippen LogP contribution in [0.1, 0.15) is 46.3 Å². The molecule has 0 fully saturated rings. The van der Waals surface area contributed by atoms with Gasteiger partial charge in [0.05, 0.1) is 6.26 Å². The standard InChI is InChI=1S/C17H22O4/c1-5-15-17(14(18)9-10-20-15)21-16(19)11-13(4)8-6-7-12(2)3/h7,9-11H,5-6,8H2,1-4H3/b13-11+. The molecule has 1 aromatic heterocycles. The van der Waals surface area contributed by atoms with Crippen molar-refractivity contribution in [2.45, 2.75) is 47.0 Å². The van der Waals surface area contributed by atoms with Crippen LogP contribution in [0.5, 0.6) is 5.75 Å². The minimum absolute atomic E-state index is 0.0154. The van der Waals surface area contributed by atoms with Crippen molar-refractivity contribution in [3.8, 4) is 5.75 Å². The molecule has 4 nitrogen and oxygen atoms in total. The largest absolute Gasteiger partial charge is 0.465 e. The molecular weight excluding hydrogens is 268 g/mol. The third-order valence-corrected chi connectivity index (χ3v) is 2.89. The predicted octanol–water partition coefficient (Wildman–Crippen LogP) is 3.80. The Morgan fingerprint density at radius 3 is 2.67 bits per heavy atom. The quantitative estimate of drug-likeness (QED) is 0.454. The fourth-order valence-corrected chi connectivity index (χ4v) is 1.79. The van der Waals surface area contributed by atoms with Gasteiger partial charge in [-0.2, -0.15) is 0 Å². The Morgan fingerprint density at radius 2 is 2.05 bits per heavy atom. The van der Waals surface area contributed by atoms with Crippen LogP contribution in [-0.4, -0.2) is 5.97 Å². The molecule has 0 aliphatic heterocycles. The van der Waals surface area contributed by atoms with Crippen LogP contribution < -0.4 is 10.2 Å². The van der Waals surface area contributed by atoms with Gasteiger partial charge in [-0.3, -0.25) is 4.79 Å². The van der Waals surface area contributed by atoms with Gasteiger partial charge in [-0.25, -0.2) is 4.79 Å². The van der Waals surface area contributed by atoms with Crippen LogP contribution in [0.3, 0.4) is 0 Å². The average molecular weight is 290 g/mol. The lowest BCUT2D eigenvalue weighted by Crippen LogP contribution is -2.14. The summed E-state index contributed by atoms with van der Waals surface area (Å²) in [6.07, 6.45) is 6.99. The molecule has 0 radical (unpaired) electrons. The van der Waals surface area contributed by atoms with Crippen molar-refractivity contribution in [1.29, 1.82) is 0 Å². The molecule has 1 heterocycles. The Bertz CT molecular complexity index is 601. The van der Waals surface area contributed by atoms with Gasteiger partial charge >= 0.3 is 5.97 Å². The van der Waals surface area contributed by atoms with Crippen LogP contribution in [0.2, 0.25) is 0 Å². The topological polar surface area (TPSA) is 56.5 Å². The van der Waals surface area contributed by atoms with E-state index in [1.54, 1.807) is 0 Å². The summed E-state index contributed by atoms with van der Waals surface area (Å²) in [5.74, 6) is -0.178. The Morgan fingerprint density at radius 1 is 1.33 bits per heavy atom. The first kappa shape index (κ1) is 17.0. The van der Waals surface area contributed by atoms with Gasteiger partial charge in [0.15, 0.2) is 0 Å². The minimum Gasteiger partial charge on any atom is -0.465 e. The second kappa shape index (κ2) is 8.25. The Balaban J connectivity index is 2.74. The van der Waals surface area contributed by atoms with E-state index in [0.717, 1.165) is 18.4 Å². The lowest BCUT2D eigenvalue weighted by molar-refractivity contribution is -0.129. The van der Waals surface area contributed by atoms with E-state index in [2.05, 4.69) is 6.08 Å². The Labute approximate surface area is 125 Å². The summed E-state index contributed by atoms with van der Waals surface area (Å²) in [5, 5.41) is 0. The molecule has 0 aliphatic rings. The maximum absolute atomic E-state index is 11.8. The molecule has 1 aromatic rings. The molecular formula is C17H22O4. The van der Waals surface area contributed by atoms with Gasteiger partial charge in [0.1, 0.15) is 5.76 Å². The molecule has 0 spiro atoms. The van der Waals surface area contributed by atoms with Gasteiger partial charge in [0.2, 0.25) is 11.2 Å². The normalized spacial score (nSPS) is 11.1. The number of allylic oxidation sites excluding steroid dienone is 3. The van der Waals surface area contributed by atoms with Gasteiger partial charge in [-0.1, -0.05) is 24.1 Å². The summed E-state index contributed by atoms with van der Waals surface area (Å²) in [6, 6.07) is 1.24. The lowest BCUT2D eigenvalue weighted by atomic mass is 10.1. The number of ether oxygens (including phenoxy) is 1. The van der Waals surface area contributed by atoms with Crippen LogP contribution in [0.15, 0.2) is 44.8 Å². The molecule has 0 amide bonds. The number of hydrogen-bond acceptors (Lipinski definition) is 4. The average Bonchev–Trinajstić information content (AvgIpc) is 2.40. The van der Waals surface area contributed by atoms with Gasteiger partial charge in [0, 0.05) is 18.6 Å². The molecule has 0 aromatic carbocycles. The van der Waals surface area contributed by atoms with E-state index in [1.165, 1.54) is 24.0 Å². The highest BCUT2D eigenvalue weighted by Gasteiger charge is 2.12. The van der Waals surface area contributed by atoms with Crippen molar-refractivity contribution in [1.82, 2.24) is 0 Å². The Hall–Kier alpha value is -2.10. The molecule has 0 aliphatic carbocycles. The highest BCUT2D eigenvalue weighted by atomic mass is 16.5. The fraction of sp³-hybridized carbons (Fsp3) is 0.412. The first-order valence-corrected chi connectivity index (χ1v) is 7.07. The highest BCUT2D eigenvalue weighted by Crippen LogP contribution is 2.14. The van der Waals surface area contributed by atoms with Crippen LogP contribution in [0, 0.1) is 0 Å². The van der Waals surface area contributed by atoms with Crippen LogP contribution >= 0.6 is 0 Å². The van der Waals surface area contributed by atoms with E-state index in [1.807, 2.05) is 27.7 Å². The maximum atomic E-state index is 11.8. The van der Waals surface area contributed by atoms with E-state index in [-0.39, 0.29) is 11.2 Å². The molecule has 21 heavy (non-hydrogen) atoms. The third kappa shape index (κ3) is 5.81. The van der Waals surface area contributed by atoms with Crippen molar-refractivity contribution in [3.63, 3.8) is 0 Å². The summed E-state index contributed by atoms with van der Waals surface area (Å²) >= 11 is 0. The number of esters is 1. The van der Waals surface area contributed by atoms with E-state index in [0.29, 0.717) is 12.2 Å². The second-order valence-corrected chi connectivity index (χ2v) is 5.12. The predicted molar refractivity (Wildman–Crippen MR) is 82.4 cm³/mol. The molecule has 0 unspecified atom stereocenters. The number of carbonyl (C=O) groups is 1. The lowest BCUT2D eigenvalue weighted by Gasteiger charge is -2.05. The SMILES string of the molecule is CCc1occc(=O)c1OC(=O)/C=C(\C)CCC=C(C)C. The van der Waals surface area contributed by atoms with Crippen molar-refractivity contribution < 1.29 is 13.9 Å². The maximum Gasteiger partial charge on any atom is 0.336 e. The summed E-state index contributed by atoms with van der Waals surface area (Å²) in [7, 11) is 0. The Kier molecular flexibility index (Phi) is 6.66. The number of carbonyl (C=O) groups excluding carboxylic acids is 1. The zero-order chi connectivity index (χ0) is 15.8. The number of aryl methyl sites for hydroxylation is 1. The summed E-state index contributed by atoms with van der Waals surface area (Å²) in [5.41, 5.74) is 1.82. The van der Waals surface area contributed by atoms with Crippen molar-refractivity contribution in [2.75, 3.05) is 0 Å². The summed E-state index contributed by atoms with van der Waals surface area (Å²) < 4.78 is 10.3. The molecule has 0 bridgehead atoms. The number of rotatable bonds is 6. The molecule has 114 valence electrons. The zero-order valence-electron chi connectivity index (χ0n) is 13.1. The first-order chi connectivity index (χ1) is 9.93. The van der Waals surface area contributed by atoms with E-state index in [9.17, 15) is 9.59 Å². The molecule has 0 saturated carbocycles. The van der Waals surface area contributed by atoms with E-state index >= 15 is 0 Å². The van der Waals surface area contributed by atoms with Crippen LogP contribution in [0.25, 0.3) is 0 Å². The van der Waals surface area contributed by atoms with Gasteiger partial charge in [-0.05, 0) is 33.6 Å². The highest BCUT2D eigenvalue weighted by molar-refractivity contribution is 5.84. The fourth-order valence-electron chi connectivity index (χ4n) is 1.79. The smallest absolute Gasteiger partial charge is 0.336 e. The van der Waals surface area contributed by atoms with Gasteiger partial charge in [0.25, 0.3) is 0 Å². The van der Waals surface area contributed by atoms with E-state index < -0.39 is 5.97 Å². The minimum atomic E-state index is -0.544. The van der Waals surface area contributed by atoms with E-state index in [4.69, 9.17) is 9.15 Å². The number of hydrogen-bond donors (Lipinski definition) is 0. The monoisotopic (exact) mass is 290 g/mol. The van der Waals surface area contributed by atoms with Crippen molar-refractivity contribution in [2.24, 2.45) is 0 Å². The van der Waals surface area contributed by atoms with Gasteiger partial charge < -0.3 is 9.15 Å².